The Morgan fingerprint density at radius 2 is 1.29 bits per heavy atom. The Morgan fingerprint density at radius 3 is 1.89 bits per heavy atom. The van der Waals surface area contributed by atoms with Crippen molar-refractivity contribution < 1.29 is 0 Å². The van der Waals surface area contributed by atoms with E-state index in [-0.39, 0.29) is 16.7 Å². The normalized spacial score (nSPS) is 15.0. The van der Waals surface area contributed by atoms with Crippen molar-refractivity contribution in [2.75, 3.05) is 0 Å². The van der Waals surface area contributed by atoms with Gasteiger partial charge in [0.25, 0.3) is 0 Å². The first kappa shape index (κ1) is 29.3. The number of hydrogen-bond donors (Lipinski definition) is 0. The molecule has 0 spiro atoms. The molecule has 5 aromatic rings. The minimum Gasteiger partial charge on any atom is -0.0720 e. The number of hydrogen-bond acceptors (Lipinski definition) is 0. The molecule has 0 fully saturated rings. The van der Waals surface area contributed by atoms with Gasteiger partial charge in [-0.15, -0.1) is 0 Å². The first-order valence-electron chi connectivity index (χ1n) is 16.4. The highest BCUT2D eigenvalue weighted by Crippen LogP contribution is 2.42. The summed E-state index contributed by atoms with van der Waals surface area (Å²) in [4.78, 5) is 0. The predicted octanol–water partition coefficient (Wildman–Crippen LogP) is 10.1. The summed E-state index contributed by atoms with van der Waals surface area (Å²) in [6, 6.07) is 36.4. The summed E-state index contributed by atoms with van der Waals surface area (Å²) in [7, 11) is 0. The predicted molar refractivity (Wildman–Crippen MR) is 193 cm³/mol. The van der Waals surface area contributed by atoms with E-state index in [9.17, 15) is 0 Å². The van der Waals surface area contributed by atoms with Gasteiger partial charge in [-0.1, -0.05) is 150 Å². The molecular formula is C45H44. The Labute approximate surface area is 269 Å². The van der Waals surface area contributed by atoms with Crippen LogP contribution in [0.3, 0.4) is 0 Å². The summed E-state index contributed by atoms with van der Waals surface area (Å²) in [6.45, 7) is 18.6. The Hall–Kier alpha value is -4.42. The van der Waals surface area contributed by atoms with Crippen LogP contribution in [0.5, 0.6) is 0 Å². The molecule has 0 saturated carbocycles. The quantitative estimate of drug-likeness (QED) is 0.194. The zero-order valence-electron chi connectivity index (χ0n) is 28.0. The molecule has 0 amide bonds. The highest BCUT2D eigenvalue weighted by atomic mass is 14.4. The van der Waals surface area contributed by atoms with Gasteiger partial charge in [0.15, 0.2) is 0 Å². The number of aryl methyl sites for hydroxylation is 2. The Bertz CT molecular complexity index is 2070. The average Bonchev–Trinajstić information content (AvgIpc) is 3.58. The van der Waals surface area contributed by atoms with Crippen molar-refractivity contribution in [1.29, 1.82) is 0 Å². The van der Waals surface area contributed by atoms with Crippen LogP contribution in [-0.4, -0.2) is 0 Å². The van der Waals surface area contributed by atoms with Gasteiger partial charge in [0, 0.05) is 5.92 Å². The summed E-state index contributed by atoms with van der Waals surface area (Å²) in [5, 5.41) is 2.72. The van der Waals surface area contributed by atoms with Crippen LogP contribution >= 0.6 is 0 Å². The van der Waals surface area contributed by atoms with E-state index in [1.165, 1.54) is 82.8 Å². The number of benzene rings is 5. The van der Waals surface area contributed by atoms with E-state index in [0.29, 0.717) is 0 Å². The van der Waals surface area contributed by atoms with Crippen LogP contribution < -0.4 is 10.4 Å². The van der Waals surface area contributed by atoms with Crippen LogP contribution in [0.2, 0.25) is 0 Å². The molecule has 2 aliphatic rings. The fourth-order valence-corrected chi connectivity index (χ4v) is 7.71. The fourth-order valence-electron chi connectivity index (χ4n) is 7.71. The van der Waals surface area contributed by atoms with Crippen molar-refractivity contribution >= 4 is 17.7 Å². The van der Waals surface area contributed by atoms with Crippen LogP contribution in [0, 0.1) is 13.8 Å². The van der Waals surface area contributed by atoms with Crippen molar-refractivity contribution in [2.24, 2.45) is 0 Å². The molecule has 45 heavy (non-hydrogen) atoms. The van der Waals surface area contributed by atoms with Gasteiger partial charge < -0.3 is 0 Å². The van der Waals surface area contributed by atoms with Crippen molar-refractivity contribution in [2.45, 2.75) is 72.1 Å². The van der Waals surface area contributed by atoms with Crippen molar-refractivity contribution in [3.63, 3.8) is 0 Å². The Kier molecular flexibility index (Phi) is 6.90. The van der Waals surface area contributed by atoms with Crippen molar-refractivity contribution in [3.05, 3.63) is 169 Å². The van der Waals surface area contributed by atoms with Gasteiger partial charge in [-0.3, -0.25) is 0 Å². The van der Waals surface area contributed by atoms with Gasteiger partial charge >= 0.3 is 0 Å². The van der Waals surface area contributed by atoms with E-state index in [0.717, 1.165) is 0 Å². The standard InChI is InChI=1S/C45H44/c1-28-23-29(2)34-21-22-36(37(34)24-28)42-39-26-32-25-33(44(3,4)5)19-20-35(32)38(39)27-40(43(42)45(6,7)8)41(30-15-11-9-12-16-30)31-17-13-10-14-18-31/h9-27,36H,1-8H3. The lowest BCUT2D eigenvalue weighted by Gasteiger charge is -2.29. The van der Waals surface area contributed by atoms with Crippen LogP contribution in [0.25, 0.3) is 28.9 Å². The van der Waals surface area contributed by atoms with Gasteiger partial charge in [0.05, 0.1) is 0 Å². The van der Waals surface area contributed by atoms with E-state index in [1.54, 1.807) is 0 Å². The molecule has 0 aromatic heterocycles. The summed E-state index contributed by atoms with van der Waals surface area (Å²) < 4.78 is 0. The molecule has 0 saturated heterocycles. The second kappa shape index (κ2) is 10.6. The second-order valence-corrected chi connectivity index (χ2v) is 15.1. The zero-order chi connectivity index (χ0) is 31.7. The number of allylic oxidation sites excluding steroid dienone is 1. The van der Waals surface area contributed by atoms with Crippen LogP contribution in [0.4, 0.5) is 0 Å². The molecule has 7 rings (SSSR count). The summed E-state index contributed by atoms with van der Waals surface area (Å²) in [5.41, 5.74) is 17.6. The molecule has 0 N–H and O–H groups in total. The first-order valence-corrected chi connectivity index (χ1v) is 16.4. The molecule has 0 heterocycles. The van der Waals surface area contributed by atoms with Crippen LogP contribution in [0.15, 0.2) is 103 Å². The zero-order valence-corrected chi connectivity index (χ0v) is 28.0. The molecular weight excluding hydrogens is 540 g/mol. The number of rotatable bonds is 3. The number of fused-ring (bicyclic) bond motifs is 4. The molecule has 224 valence electrons. The third-order valence-electron chi connectivity index (χ3n) is 9.72. The molecule has 0 bridgehead atoms. The van der Waals surface area contributed by atoms with E-state index in [2.05, 4.69) is 171 Å². The maximum absolute atomic E-state index is 2.52. The molecule has 0 nitrogen and oxygen atoms in total. The Morgan fingerprint density at radius 1 is 0.644 bits per heavy atom. The minimum atomic E-state index is -0.108. The lowest BCUT2D eigenvalue weighted by molar-refractivity contribution is 0.576. The van der Waals surface area contributed by atoms with E-state index in [4.69, 9.17) is 0 Å². The van der Waals surface area contributed by atoms with Crippen molar-refractivity contribution in [1.82, 2.24) is 0 Å². The third-order valence-corrected chi connectivity index (χ3v) is 9.72. The average molecular weight is 585 g/mol. The SMILES string of the molecule is Cc1cc(C)c2c(c1)C(c1c(C(C)(C)C)c(=C(c3ccccc3)c3ccccc3)cc3c1=Cc1cc(C(C)(C)C)ccc1-3)C=C2. The van der Waals surface area contributed by atoms with Gasteiger partial charge in [-0.2, -0.15) is 0 Å². The molecule has 0 radical (unpaired) electrons. The summed E-state index contributed by atoms with van der Waals surface area (Å²) in [5.74, 6) is 0.182. The van der Waals surface area contributed by atoms with E-state index >= 15 is 0 Å². The third kappa shape index (κ3) is 5.01. The summed E-state index contributed by atoms with van der Waals surface area (Å²) in [6.07, 6.45) is 7.33. The monoisotopic (exact) mass is 584 g/mol. The maximum atomic E-state index is 2.52. The van der Waals surface area contributed by atoms with Gasteiger partial charge in [-0.25, -0.2) is 0 Å². The molecule has 5 aromatic carbocycles. The highest BCUT2D eigenvalue weighted by Gasteiger charge is 2.33. The minimum absolute atomic E-state index is 0.0892. The van der Waals surface area contributed by atoms with E-state index in [1.807, 2.05) is 0 Å². The molecule has 1 atom stereocenters. The largest absolute Gasteiger partial charge is 0.0720 e. The molecule has 1 unspecified atom stereocenters. The fraction of sp³-hybridized carbons (Fsp3) is 0.244. The van der Waals surface area contributed by atoms with E-state index < -0.39 is 0 Å². The molecule has 0 heteroatoms. The summed E-state index contributed by atoms with van der Waals surface area (Å²) >= 11 is 0. The van der Waals surface area contributed by atoms with Crippen molar-refractivity contribution in [3.8, 4) is 11.1 Å². The van der Waals surface area contributed by atoms with Gasteiger partial charge in [0.2, 0.25) is 0 Å². The molecule has 2 aliphatic carbocycles. The second-order valence-electron chi connectivity index (χ2n) is 15.1. The van der Waals surface area contributed by atoms with Gasteiger partial charge in [-0.05, 0) is 114 Å². The Balaban J connectivity index is 1.69. The highest BCUT2D eigenvalue weighted by molar-refractivity contribution is 5.88. The van der Waals surface area contributed by atoms with Gasteiger partial charge in [0.1, 0.15) is 0 Å². The smallest absolute Gasteiger partial charge is 0.0288 e. The van der Waals surface area contributed by atoms with Crippen LogP contribution in [0.1, 0.15) is 103 Å². The maximum Gasteiger partial charge on any atom is 0.0288 e. The first-order chi connectivity index (χ1) is 21.4. The lowest BCUT2D eigenvalue weighted by atomic mass is 9.74. The lowest BCUT2D eigenvalue weighted by Crippen LogP contribution is -2.34. The topological polar surface area (TPSA) is 0 Å². The van der Waals surface area contributed by atoms with Crippen LogP contribution in [-0.2, 0) is 10.8 Å². The molecule has 0 aliphatic heterocycles.